The highest BCUT2D eigenvalue weighted by molar-refractivity contribution is 5.16. The Morgan fingerprint density at radius 1 is 1.32 bits per heavy atom. The molecule has 0 aromatic carbocycles. The van der Waals surface area contributed by atoms with E-state index in [-0.39, 0.29) is 0 Å². The molecule has 22 heavy (non-hydrogen) atoms. The maximum Gasteiger partial charge on any atom is 0.0638 e. The fourth-order valence-electron chi connectivity index (χ4n) is 2.60. The number of hydrogen-bond donors (Lipinski definition) is 0. The Kier molecular flexibility index (Phi) is 5.90. The van der Waals surface area contributed by atoms with Gasteiger partial charge in [0.05, 0.1) is 17.9 Å². The van der Waals surface area contributed by atoms with Crippen LogP contribution in [0.15, 0.2) is 43.2 Å². The smallest absolute Gasteiger partial charge is 0.0638 e. The van der Waals surface area contributed by atoms with Crippen molar-refractivity contribution >= 4 is 0 Å². The fourth-order valence-corrected chi connectivity index (χ4v) is 2.60. The molecule has 2 aromatic rings. The molecule has 4 heteroatoms. The zero-order chi connectivity index (χ0) is 15.9. The Morgan fingerprint density at radius 3 is 2.77 bits per heavy atom. The van der Waals surface area contributed by atoms with E-state index in [1.807, 2.05) is 29.1 Å². The molecule has 0 atom stereocenters. The number of pyridine rings is 1. The highest BCUT2D eigenvalue weighted by atomic mass is 15.3. The van der Waals surface area contributed by atoms with Gasteiger partial charge in [-0.2, -0.15) is 5.10 Å². The molecular formula is C18H26N4. The summed E-state index contributed by atoms with van der Waals surface area (Å²) in [5, 5.41) is 4.54. The quantitative estimate of drug-likeness (QED) is 0.700. The van der Waals surface area contributed by atoms with Crippen LogP contribution in [0.5, 0.6) is 0 Å². The van der Waals surface area contributed by atoms with Crippen molar-refractivity contribution < 1.29 is 0 Å². The van der Waals surface area contributed by atoms with Crippen LogP contribution >= 0.6 is 0 Å². The second kappa shape index (κ2) is 7.90. The summed E-state index contributed by atoms with van der Waals surface area (Å²) in [5.74, 6) is 0.618. The lowest BCUT2D eigenvalue weighted by Gasteiger charge is -2.23. The molecule has 0 bridgehead atoms. The molecule has 2 aromatic heterocycles. The van der Waals surface area contributed by atoms with Crippen LogP contribution in [0, 0.1) is 12.8 Å². The molecule has 4 nitrogen and oxygen atoms in total. The Hall–Kier alpha value is -1.94. The summed E-state index contributed by atoms with van der Waals surface area (Å²) < 4.78 is 1.95. The van der Waals surface area contributed by atoms with Crippen molar-refractivity contribution in [1.82, 2.24) is 19.7 Å². The van der Waals surface area contributed by atoms with Crippen LogP contribution in [-0.2, 0) is 19.6 Å². The number of hydrogen-bond acceptors (Lipinski definition) is 3. The summed E-state index contributed by atoms with van der Waals surface area (Å²) in [7, 11) is 0. The lowest BCUT2D eigenvalue weighted by molar-refractivity contribution is 0.224. The van der Waals surface area contributed by atoms with E-state index in [1.54, 1.807) is 0 Å². The van der Waals surface area contributed by atoms with Gasteiger partial charge in [-0.3, -0.25) is 14.6 Å². The first-order chi connectivity index (χ1) is 10.6. The van der Waals surface area contributed by atoms with Crippen molar-refractivity contribution in [2.75, 3.05) is 6.54 Å². The van der Waals surface area contributed by atoms with Gasteiger partial charge in [-0.25, -0.2) is 0 Å². The van der Waals surface area contributed by atoms with Gasteiger partial charge in [0.2, 0.25) is 0 Å². The summed E-state index contributed by atoms with van der Waals surface area (Å²) >= 11 is 0. The summed E-state index contributed by atoms with van der Waals surface area (Å²) in [6.07, 6.45) is 5.86. The van der Waals surface area contributed by atoms with E-state index in [0.717, 1.165) is 37.6 Å². The van der Waals surface area contributed by atoms with Crippen molar-refractivity contribution in [1.29, 1.82) is 0 Å². The molecule has 2 heterocycles. The summed E-state index contributed by atoms with van der Waals surface area (Å²) in [5.41, 5.74) is 3.48. The van der Waals surface area contributed by atoms with Crippen LogP contribution in [0.3, 0.4) is 0 Å². The van der Waals surface area contributed by atoms with E-state index in [1.165, 1.54) is 5.56 Å². The third-order valence-corrected chi connectivity index (χ3v) is 3.49. The maximum atomic E-state index is 4.54. The molecule has 0 aliphatic rings. The normalized spacial score (nSPS) is 11.3. The number of nitrogens with zero attached hydrogens (tertiary/aromatic N) is 4. The SMILES string of the molecule is C=CCn1cc(CN(Cc2ccccn2)CC(C)C)c(C)n1. The number of aryl methyl sites for hydroxylation is 1. The van der Waals surface area contributed by atoms with Crippen molar-refractivity contribution in [3.63, 3.8) is 0 Å². The van der Waals surface area contributed by atoms with Crippen molar-refractivity contribution in [3.8, 4) is 0 Å². The van der Waals surface area contributed by atoms with Crippen LogP contribution in [0.1, 0.15) is 30.8 Å². The van der Waals surface area contributed by atoms with Gasteiger partial charge in [-0.15, -0.1) is 6.58 Å². The maximum absolute atomic E-state index is 4.54. The Bertz CT molecular complexity index is 586. The highest BCUT2D eigenvalue weighted by Gasteiger charge is 2.13. The second-order valence-electron chi connectivity index (χ2n) is 6.14. The number of rotatable bonds is 8. The molecule has 0 aliphatic carbocycles. The third kappa shape index (κ3) is 4.81. The van der Waals surface area contributed by atoms with Gasteiger partial charge in [-0.05, 0) is 25.0 Å². The fraction of sp³-hybridized carbons (Fsp3) is 0.444. The molecule has 0 radical (unpaired) electrons. The van der Waals surface area contributed by atoms with Gasteiger partial charge in [0.1, 0.15) is 0 Å². The largest absolute Gasteiger partial charge is 0.293 e. The summed E-state index contributed by atoms with van der Waals surface area (Å²) in [6.45, 7) is 13.9. The van der Waals surface area contributed by atoms with E-state index >= 15 is 0 Å². The lowest BCUT2D eigenvalue weighted by atomic mass is 10.1. The van der Waals surface area contributed by atoms with Gasteiger partial charge in [0, 0.05) is 37.6 Å². The van der Waals surface area contributed by atoms with Gasteiger partial charge in [0.15, 0.2) is 0 Å². The molecular weight excluding hydrogens is 272 g/mol. The van der Waals surface area contributed by atoms with E-state index in [0.29, 0.717) is 5.92 Å². The minimum absolute atomic E-state index is 0.618. The first-order valence-electron chi connectivity index (χ1n) is 7.84. The van der Waals surface area contributed by atoms with Gasteiger partial charge in [-0.1, -0.05) is 26.0 Å². The van der Waals surface area contributed by atoms with Crippen LogP contribution < -0.4 is 0 Å². The molecule has 0 saturated carbocycles. The average Bonchev–Trinajstić information content (AvgIpc) is 2.79. The summed E-state index contributed by atoms with van der Waals surface area (Å²) in [4.78, 5) is 6.89. The van der Waals surface area contributed by atoms with Crippen molar-refractivity contribution in [3.05, 3.63) is 60.2 Å². The Morgan fingerprint density at radius 2 is 2.14 bits per heavy atom. The van der Waals surface area contributed by atoms with E-state index < -0.39 is 0 Å². The zero-order valence-corrected chi connectivity index (χ0v) is 13.9. The highest BCUT2D eigenvalue weighted by Crippen LogP contribution is 2.14. The molecule has 0 aliphatic heterocycles. The lowest BCUT2D eigenvalue weighted by Crippen LogP contribution is -2.27. The van der Waals surface area contributed by atoms with E-state index in [9.17, 15) is 0 Å². The molecule has 0 unspecified atom stereocenters. The third-order valence-electron chi connectivity index (χ3n) is 3.49. The van der Waals surface area contributed by atoms with Crippen LogP contribution in [0.25, 0.3) is 0 Å². The van der Waals surface area contributed by atoms with Crippen LogP contribution in [-0.4, -0.2) is 26.2 Å². The standard InChI is InChI=1S/C18H26N4/c1-5-10-22-13-17(16(4)20-22)12-21(11-15(2)3)14-18-8-6-7-9-19-18/h5-9,13,15H,1,10-12,14H2,2-4H3. The van der Waals surface area contributed by atoms with Gasteiger partial charge >= 0.3 is 0 Å². The Labute approximate surface area is 133 Å². The molecule has 0 fully saturated rings. The average molecular weight is 298 g/mol. The predicted molar refractivity (Wildman–Crippen MR) is 90.4 cm³/mol. The molecule has 118 valence electrons. The number of aromatic nitrogens is 3. The van der Waals surface area contributed by atoms with Crippen molar-refractivity contribution in [2.24, 2.45) is 5.92 Å². The minimum Gasteiger partial charge on any atom is -0.293 e. The first kappa shape index (κ1) is 16.4. The molecule has 0 saturated heterocycles. The Balaban J connectivity index is 2.10. The number of allylic oxidation sites excluding steroid dienone is 1. The topological polar surface area (TPSA) is 34.0 Å². The molecule has 0 N–H and O–H groups in total. The molecule has 0 spiro atoms. The molecule has 0 amide bonds. The minimum atomic E-state index is 0.618. The van der Waals surface area contributed by atoms with E-state index in [4.69, 9.17) is 0 Å². The van der Waals surface area contributed by atoms with Gasteiger partial charge < -0.3 is 0 Å². The summed E-state index contributed by atoms with van der Waals surface area (Å²) in [6, 6.07) is 6.09. The van der Waals surface area contributed by atoms with Gasteiger partial charge in [0.25, 0.3) is 0 Å². The van der Waals surface area contributed by atoms with Crippen LogP contribution in [0.4, 0.5) is 0 Å². The first-order valence-corrected chi connectivity index (χ1v) is 7.84. The second-order valence-corrected chi connectivity index (χ2v) is 6.14. The predicted octanol–water partition coefficient (Wildman–Crippen LogP) is 3.43. The zero-order valence-electron chi connectivity index (χ0n) is 13.9. The monoisotopic (exact) mass is 298 g/mol. The van der Waals surface area contributed by atoms with Crippen molar-refractivity contribution in [2.45, 2.75) is 40.4 Å². The molecule has 2 rings (SSSR count). The van der Waals surface area contributed by atoms with E-state index in [2.05, 4.69) is 54.6 Å². The van der Waals surface area contributed by atoms with Crippen LogP contribution in [0.2, 0.25) is 0 Å².